The smallest absolute Gasteiger partial charge is 0.121 e. The third-order valence-electron chi connectivity index (χ3n) is 2.78. The molecule has 0 atom stereocenters. The molecule has 0 spiro atoms. The molecule has 1 N–H and O–H groups in total. The lowest BCUT2D eigenvalue weighted by Gasteiger charge is -2.11. The van der Waals surface area contributed by atoms with Crippen molar-refractivity contribution in [2.75, 3.05) is 12.4 Å². The second-order valence-corrected chi connectivity index (χ2v) is 5.03. The van der Waals surface area contributed by atoms with E-state index in [0.29, 0.717) is 5.56 Å². The fourth-order valence-corrected chi connectivity index (χ4v) is 2.19. The molecular weight excluding hydrogens is 304 g/mol. The zero-order valence-electron chi connectivity index (χ0n) is 10.7. The summed E-state index contributed by atoms with van der Waals surface area (Å²) in [6.07, 6.45) is 0. The van der Waals surface area contributed by atoms with Gasteiger partial charge in [-0.25, -0.2) is 0 Å². The van der Waals surface area contributed by atoms with Crippen LogP contribution in [0, 0.1) is 18.3 Å². The fraction of sp³-hybridized carbons (Fsp3) is 0.133. The van der Waals surface area contributed by atoms with E-state index >= 15 is 0 Å². The Kier molecular flexibility index (Phi) is 4.08. The summed E-state index contributed by atoms with van der Waals surface area (Å²) >= 11 is 3.41. The number of nitrogens with one attached hydrogen (secondary N) is 1. The quantitative estimate of drug-likeness (QED) is 0.913. The van der Waals surface area contributed by atoms with Crippen molar-refractivity contribution in [1.29, 1.82) is 5.26 Å². The first-order valence-electron chi connectivity index (χ1n) is 5.75. The number of anilines is 2. The van der Waals surface area contributed by atoms with E-state index in [9.17, 15) is 0 Å². The maximum absolute atomic E-state index is 9.10. The molecule has 0 aliphatic heterocycles. The van der Waals surface area contributed by atoms with Crippen LogP contribution in [0.25, 0.3) is 0 Å². The second kappa shape index (κ2) is 5.77. The molecule has 19 heavy (non-hydrogen) atoms. The minimum Gasteiger partial charge on any atom is -0.496 e. The van der Waals surface area contributed by atoms with Gasteiger partial charge in [-0.15, -0.1) is 0 Å². The molecule has 0 saturated carbocycles. The van der Waals surface area contributed by atoms with Gasteiger partial charge in [-0.2, -0.15) is 5.26 Å². The second-order valence-electron chi connectivity index (χ2n) is 4.11. The number of benzene rings is 2. The lowest BCUT2D eigenvalue weighted by molar-refractivity contribution is 0.412. The number of rotatable bonds is 3. The molecule has 0 bridgehead atoms. The van der Waals surface area contributed by atoms with Crippen LogP contribution in [0.15, 0.2) is 40.9 Å². The van der Waals surface area contributed by atoms with Crippen molar-refractivity contribution >= 4 is 27.3 Å². The Morgan fingerprint density at radius 2 is 2.00 bits per heavy atom. The summed E-state index contributed by atoms with van der Waals surface area (Å²) in [5.74, 6) is 0.847. The number of ether oxygens (including phenoxy) is 1. The van der Waals surface area contributed by atoms with Gasteiger partial charge in [0.2, 0.25) is 0 Å². The highest BCUT2D eigenvalue weighted by atomic mass is 79.9. The Hall–Kier alpha value is -1.99. The third kappa shape index (κ3) is 3.07. The molecule has 0 aliphatic rings. The highest BCUT2D eigenvalue weighted by Crippen LogP contribution is 2.27. The van der Waals surface area contributed by atoms with E-state index in [2.05, 4.69) is 27.3 Å². The molecular formula is C15H13BrN2O. The number of halogens is 1. The van der Waals surface area contributed by atoms with Gasteiger partial charge >= 0.3 is 0 Å². The van der Waals surface area contributed by atoms with Gasteiger partial charge in [-0.05, 0) is 48.9 Å². The van der Waals surface area contributed by atoms with Crippen molar-refractivity contribution in [2.45, 2.75) is 6.92 Å². The van der Waals surface area contributed by atoms with Gasteiger partial charge in [0.15, 0.2) is 0 Å². The maximum atomic E-state index is 9.10. The predicted octanol–water partition coefficient (Wildman–Crippen LogP) is 4.38. The minimum atomic E-state index is 0.608. The summed E-state index contributed by atoms with van der Waals surface area (Å²) in [7, 11) is 1.65. The van der Waals surface area contributed by atoms with E-state index in [1.165, 1.54) is 0 Å². The van der Waals surface area contributed by atoms with Crippen LogP contribution in [0.3, 0.4) is 0 Å². The van der Waals surface area contributed by atoms with Crippen LogP contribution in [0.2, 0.25) is 0 Å². The summed E-state index contributed by atoms with van der Waals surface area (Å²) in [5.41, 5.74) is 3.35. The average molecular weight is 317 g/mol. The van der Waals surface area contributed by atoms with Crippen LogP contribution in [0.4, 0.5) is 11.4 Å². The van der Waals surface area contributed by atoms with Crippen LogP contribution in [0.5, 0.6) is 5.75 Å². The van der Waals surface area contributed by atoms with Crippen molar-refractivity contribution in [1.82, 2.24) is 0 Å². The first kappa shape index (κ1) is 13.4. The van der Waals surface area contributed by atoms with Crippen molar-refractivity contribution in [3.63, 3.8) is 0 Å². The standard InChI is InChI=1S/C15H13BrN2O/c1-10-7-13(5-6-15(10)19-2)18-14-8-12(16)4-3-11(14)9-17/h3-8,18H,1-2H3. The largest absolute Gasteiger partial charge is 0.496 e. The van der Waals surface area contributed by atoms with Gasteiger partial charge in [0, 0.05) is 10.2 Å². The molecule has 0 fully saturated rings. The molecule has 0 aliphatic carbocycles. The lowest BCUT2D eigenvalue weighted by Crippen LogP contribution is -1.95. The predicted molar refractivity (Wildman–Crippen MR) is 79.9 cm³/mol. The number of hydrogen-bond donors (Lipinski definition) is 1. The van der Waals surface area contributed by atoms with Crippen LogP contribution in [-0.4, -0.2) is 7.11 Å². The van der Waals surface area contributed by atoms with E-state index < -0.39 is 0 Å². The van der Waals surface area contributed by atoms with E-state index in [-0.39, 0.29) is 0 Å². The molecule has 3 nitrogen and oxygen atoms in total. The lowest BCUT2D eigenvalue weighted by atomic mass is 10.1. The Bertz CT molecular complexity index is 647. The number of nitrogens with zero attached hydrogens (tertiary/aromatic N) is 1. The first-order chi connectivity index (χ1) is 9.13. The van der Waals surface area contributed by atoms with Crippen molar-refractivity contribution in [3.05, 3.63) is 52.0 Å². The van der Waals surface area contributed by atoms with Crippen LogP contribution in [0.1, 0.15) is 11.1 Å². The molecule has 0 unspecified atom stereocenters. The molecule has 0 heterocycles. The number of hydrogen-bond acceptors (Lipinski definition) is 3. The normalized spacial score (nSPS) is 9.79. The molecule has 2 rings (SSSR count). The van der Waals surface area contributed by atoms with Gasteiger partial charge in [0.1, 0.15) is 11.8 Å². The van der Waals surface area contributed by atoms with Gasteiger partial charge in [-0.1, -0.05) is 15.9 Å². The fourth-order valence-electron chi connectivity index (χ4n) is 1.83. The van der Waals surface area contributed by atoms with Crippen LogP contribution >= 0.6 is 15.9 Å². The maximum Gasteiger partial charge on any atom is 0.121 e. The van der Waals surface area contributed by atoms with Gasteiger partial charge < -0.3 is 10.1 Å². The number of nitriles is 1. The summed E-state index contributed by atoms with van der Waals surface area (Å²) in [6, 6.07) is 13.5. The molecule has 4 heteroatoms. The summed E-state index contributed by atoms with van der Waals surface area (Å²) in [5, 5.41) is 12.3. The molecule has 0 amide bonds. The zero-order chi connectivity index (χ0) is 13.8. The molecule has 2 aromatic carbocycles. The van der Waals surface area contributed by atoms with E-state index in [1.807, 2.05) is 37.3 Å². The summed E-state index contributed by atoms with van der Waals surface area (Å²) < 4.78 is 6.16. The zero-order valence-corrected chi connectivity index (χ0v) is 12.3. The first-order valence-corrected chi connectivity index (χ1v) is 6.54. The Morgan fingerprint density at radius 3 is 2.63 bits per heavy atom. The number of aryl methyl sites for hydroxylation is 1. The van der Waals surface area contributed by atoms with Crippen LogP contribution in [-0.2, 0) is 0 Å². The highest BCUT2D eigenvalue weighted by Gasteiger charge is 2.05. The summed E-state index contributed by atoms with van der Waals surface area (Å²) in [4.78, 5) is 0. The summed E-state index contributed by atoms with van der Waals surface area (Å²) in [6.45, 7) is 1.98. The van der Waals surface area contributed by atoms with Crippen LogP contribution < -0.4 is 10.1 Å². The van der Waals surface area contributed by atoms with Gasteiger partial charge in [-0.3, -0.25) is 0 Å². The topological polar surface area (TPSA) is 45.0 Å². The van der Waals surface area contributed by atoms with Crippen molar-refractivity contribution < 1.29 is 4.74 Å². The average Bonchev–Trinajstić information content (AvgIpc) is 2.39. The minimum absolute atomic E-state index is 0.608. The molecule has 0 saturated heterocycles. The molecule has 0 radical (unpaired) electrons. The number of methoxy groups -OCH3 is 1. The van der Waals surface area contributed by atoms with Gasteiger partial charge in [0.25, 0.3) is 0 Å². The Balaban J connectivity index is 2.34. The van der Waals surface area contributed by atoms with Crippen molar-refractivity contribution in [2.24, 2.45) is 0 Å². The van der Waals surface area contributed by atoms with E-state index in [4.69, 9.17) is 10.00 Å². The van der Waals surface area contributed by atoms with E-state index in [0.717, 1.165) is 27.2 Å². The Labute approximate surface area is 121 Å². The highest BCUT2D eigenvalue weighted by molar-refractivity contribution is 9.10. The monoisotopic (exact) mass is 316 g/mol. The van der Waals surface area contributed by atoms with Crippen molar-refractivity contribution in [3.8, 4) is 11.8 Å². The third-order valence-corrected chi connectivity index (χ3v) is 3.27. The molecule has 2 aromatic rings. The Morgan fingerprint density at radius 1 is 1.21 bits per heavy atom. The van der Waals surface area contributed by atoms with E-state index in [1.54, 1.807) is 13.2 Å². The molecule has 0 aromatic heterocycles. The van der Waals surface area contributed by atoms with Gasteiger partial charge in [0.05, 0.1) is 18.4 Å². The molecule has 96 valence electrons. The SMILES string of the molecule is COc1ccc(Nc2cc(Br)ccc2C#N)cc1C.